The van der Waals surface area contributed by atoms with Crippen LogP contribution in [-0.2, 0) is 10.0 Å². The minimum absolute atomic E-state index is 0.0283. The van der Waals surface area contributed by atoms with Crippen LogP contribution in [0.5, 0.6) is 0 Å². The van der Waals surface area contributed by atoms with E-state index < -0.39 is 16.0 Å². The Kier molecular flexibility index (Phi) is 7.01. The van der Waals surface area contributed by atoms with Gasteiger partial charge in [-0.25, -0.2) is 18.2 Å². The molecule has 0 aromatic carbocycles. The maximum absolute atomic E-state index is 12.4. The van der Waals surface area contributed by atoms with E-state index in [0.717, 1.165) is 24.2 Å². The predicted molar refractivity (Wildman–Crippen MR) is 107 cm³/mol. The highest BCUT2D eigenvalue weighted by molar-refractivity contribution is 9.11. The molecule has 0 aliphatic rings. The number of nitrogens with zero attached hydrogens (tertiary/aromatic N) is 2. The molecular formula is C16H20BrN3O4S2. The molecule has 0 radical (unpaired) electrons. The molecule has 26 heavy (non-hydrogen) atoms. The number of thiophene rings is 1. The second-order valence-electron chi connectivity index (χ2n) is 5.55. The van der Waals surface area contributed by atoms with Gasteiger partial charge in [0.05, 0.1) is 15.7 Å². The summed E-state index contributed by atoms with van der Waals surface area (Å²) in [5.41, 5.74) is 0.0862. The smallest absolute Gasteiger partial charge is 0.339 e. The fourth-order valence-electron chi connectivity index (χ4n) is 2.43. The van der Waals surface area contributed by atoms with Gasteiger partial charge in [0.2, 0.25) is 0 Å². The lowest BCUT2D eigenvalue weighted by Crippen LogP contribution is -2.28. The zero-order chi connectivity index (χ0) is 19.3. The molecule has 142 valence electrons. The second kappa shape index (κ2) is 8.83. The van der Waals surface area contributed by atoms with Crippen LogP contribution in [0.25, 0.3) is 0 Å². The number of anilines is 2. The Morgan fingerprint density at radius 2 is 1.96 bits per heavy atom. The summed E-state index contributed by atoms with van der Waals surface area (Å²) in [5, 5.41) is 9.55. The highest BCUT2D eigenvalue weighted by atomic mass is 79.9. The summed E-state index contributed by atoms with van der Waals surface area (Å²) in [6.45, 7) is 5.36. The summed E-state index contributed by atoms with van der Waals surface area (Å²) in [6, 6.07) is 4.42. The predicted octanol–water partition coefficient (Wildman–Crippen LogP) is 4.03. The van der Waals surface area contributed by atoms with Gasteiger partial charge >= 0.3 is 5.97 Å². The minimum Gasteiger partial charge on any atom is -0.478 e. The van der Waals surface area contributed by atoms with Gasteiger partial charge in [-0.1, -0.05) is 13.8 Å². The first kappa shape index (κ1) is 20.7. The van der Waals surface area contributed by atoms with E-state index in [0.29, 0.717) is 22.7 Å². The molecule has 0 aliphatic carbocycles. The average Bonchev–Trinajstić information content (AvgIpc) is 3.02. The number of hydrogen-bond acceptors (Lipinski definition) is 6. The van der Waals surface area contributed by atoms with Crippen molar-refractivity contribution >= 4 is 54.8 Å². The van der Waals surface area contributed by atoms with Crippen molar-refractivity contribution in [2.24, 2.45) is 0 Å². The fourth-order valence-corrected chi connectivity index (χ4v) is 5.48. The van der Waals surface area contributed by atoms with Gasteiger partial charge in [-0.05, 0) is 47.0 Å². The molecule has 0 saturated carbocycles. The topological polar surface area (TPSA) is 99.6 Å². The molecule has 2 aromatic heterocycles. The van der Waals surface area contributed by atoms with Crippen molar-refractivity contribution in [3.05, 3.63) is 33.7 Å². The number of aromatic nitrogens is 1. The molecule has 0 aliphatic heterocycles. The molecule has 0 amide bonds. The lowest BCUT2D eigenvalue weighted by atomic mass is 10.2. The summed E-state index contributed by atoms with van der Waals surface area (Å²) >= 11 is 4.29. The Labute approximate surface area is 165 Å². The molecule has 0 atom stereocenters. The number of hydrogen-bond donors (Lipinski definition) is 2. The van der Waals surface area contributed by atoms with Crippen molar-refractivity contribution in [2.75, 3.05) is 22.7 Å². The van der Waals surface area contributed by atoms with Crippen molar-refractivity contribution in [1.29, 1.82) is 0 Å². The Morgan fingerprint density at radius 1 is 1.31 bits per heavy atom. The quantitative estimate of drug-likeness (QED) is 0.584. The second-order valence-corrected chi connectivity index (χ2v) is 9.92. The largest absolute Gasteiger partial charge is 0.478 e. The number of rotatable bonds is 9. The maximum atomic E-state index is 12.4. The summed E-state index contributed by atoms with van der Waals surface area (Å²) in [7, 11) is -3.80. The number of carboxylic acids is 1. The van der Waals surface area contributed by atoms with E-state index in [9.17, 15) is 18.3 Å². The monoisotopic (exact) mass is 461 g/mol. The molecule has 2 rings (SSSR count). The lowest BCUT2D eigenvalue weighted by Gasteiger charge is -2.24. The van der Waals surface area contributed by atoms with E-state index in [1.54, 1.807) is 6.07 Å². The maximum Gasteiger partial charge on any atom is 0.339 e. The van der Waals surface area contributed by atoms with Gasteiger partial charge in [0, 0.05) is 13.1 Å². The highest BCUT2D eigenvalue weighted by Crippen LogP contribution is 2.29. The van der Waals surface area contributed by atoms with Gasteiger partial charge in [-0.2, -0.15) is 0 Å². The third-order valence-electron chi connectivity index (χ3n) is 3.45. The summed E-state index contributed by atoms with van der Waals surface area (Å²) in [6.07, 6.45) is 3.05. The number of pyridine rings is 1. The van der Waals surface area contributed by atoms with Crippen LogP contribution in [0, 0.1) is 0 Å². The molecule has 2 aromatic rings. The van der Waals surface area contributed by atoms with Gasteiger partial charge in [0.15, 0.2) is 0 Å². The molecule has 0 unspecified atom stereocenters. The Hall–Kier alpha value is -1.65. The molecule has 7 nitrogen and oxygen atoms in total. The van der Waals surface area contributed by atoms with E-state index in [4.69, 9.17) is 0 Å². The first-order valence-electron chi connectivity index (χ1n) is 8.05. The lowest BCUT2D eigenvalue weighted by molar-refractivity contribution is 0.0697. The fraction of sp³-hybridized carbons (Fsp3) is 0.375. The number of carbonyl (C=O) groups is 1. The van der Waals surface area contributed by atoms with Gasteiger partial charge in [-0.3, -0.25) is 4.72 Å². The Morgan fingerprint density at radius 3 is 2.46 bits per heavy atom. The first-order valence-corrected chi connectivity index (χ1v) is 11.1. The summed E-state index contributed by atoms with van der Waals surface area (Å²) in [5.74, 6) is -0.798. The van der Waals surface area contributed by atoms with E-state index in [2.05, 4.69) is 25.6 Å². The molecule has 0 saturated heterocycles. The number of nitrogens with one attached hydrogen (secondary N) is 1. The molecule has 2 N–H and O–H groups in total. The summed E-state index contributed by atoms with van der Waals surface area (Å²) < 4.78 is 28.0. The number of halogens is 1. The molecule has 0 bridgehead atoms. The van der Waals surface area contributed by atoms with Gasteiger partial charge in [0.1, 0.15) is 15.6 Å². The minimum atomic E-state index is -3.80. The Balaban J connectivity index is 2.37. The van der Waals surface area contributed by atoms with Crippen LogP contribution in [-0.4, -0.2) is 37.6 Å². The first-order chi connectivity index (χ1) is 12.3. The average molecular weight is 462 g/mol. The normalized spacial score (nSPS) is 11.3. The Bertz CT molecular complexity index is 877. The van der Waals surface area contributed by atoms with Crippen LogP contribution in [0.15, 0.2) is 32.4 Å². The number of carboxylic acid groups (broad SMARTS) is 1. The van der Waals surface area contributed by atoms with Crippen molar-refractivity contribution in [3.63, 3.8) is 0 Å². The van der Waals surface area contributed by atoms with E-state index in [-0.39, 0.29) is 15.5 Å². The van der Waals surface area contributed by atoms with Gasteiger partial charge in [0.25, 0.3) is 10.0 Å². The van der Waals surface area contributed by atoms with Crippen molar-refractivity contribution < 1.29 is 18.3 Å². The van der Waals surface area contributed by atoms with E-state index in [1.807, 2.05) is 18.7 Å². The zero-order valence-corrected chi connectivity index (χ0v) is 17.6. The van der Waals surface area contributed by atoms with E-state index in [1.165, 1.54) is 18.3 Å². The van der Waals surface area contributed by atoms with Crippen LogP contribution in [0.4, 0.5) is 11.5 Å². The van der Waals surface area contributed by atoms with Crippen molar-refractivity contribution in [3.8, 4) is 0 Å². The van der Waals surface area contributed by atoms with Gasteiger partial charge in [-0.15, -0.1) is 11.3 Å². The van der Waals surface area contributed by atoms with Crippen LogP contribution in [0.2, 0.25) is 0 Å². The van der Waals surface area contributed by atoms with Crippen molar-refractivity contribution in [2.45, 2.75) is 30.9 Å². The molecule has 0 spiro atoms. The van der Waals surface area contributed by atoms with Gasteiger partial charge < -0.3 is 10.0 Å². The third-order valence-corrected chi connectivity index (χ3v) is 6.95. The van der Waals surface area contributed by atoms with Crippen LogP contribution >= 0.6 is 27.3 Å². The van der Waals surface area contributed by atoms with Crippen LogP contribution in [0.1, 0.15) is 37.0 Å². The SMILES string of the molecule is CCCN(CCC)c1ncc(NS(=O)(=O)c2ccc(Br)s2)cc1C(=O)O. The summed E-state index contributed by atoms with van der Waals surface area (Å²) in [4.78, 5) is 17.8. The standard InChI is InChI=1S/C16H20BrN3O4S2/c1-3-7-20(8-4-2)15-12(16(21)22)9-11(10-18-15)19-26(23,24)14-6-5-13(17)25-14/h5-6,9-10,19H,3-4,7-8H2,1-2H3,(H,21,22). The molecule has 0 fully saturated rings. The number of aromatic carboxylic acids is 1. The zero-order valence-electron chi connectivity index (χ0n) is 14.4. The van der Waals surface area contributed by atoms with Crippen LogP contribution < -0.4 is 9.62 Å². The molecule has 10 heteroatoms. The van der Waals surface area contributed by atoms with Crippen LogP contribution in [0.3, 0.4) is 0 Å². The van der Waals surface area contributed by atoms with Crippen molar-refractivity contribution in [1.82, 2.24) is 4.98 Å². The van der Waals surface area contributed by atoms with E-state index >= 15 is 0 Å². The third kappa shape index (κ3) is 4.95. The highest BCUT2D eigenvalue weighted by Gasteiger charge is 2.21. The number of sulfonamides is 1. The molecule has 2 heterocycles. The molecular weight excluding hydrogens is 442 g/mol.